The summed E-state index contributed by atoms with van der Waals surface area (Å²) >= 11 is 0. The second kappa shape index (κ2) is 9.93. The fourth-order valence-corrected chi connectivity index (χ4v) is 3.63. The van der Waals surface area contributed by atoms with Gasteiger partial charge in [-0.1, -0.05) is 0 Å². The van der Waals surface area contributed by atoms with Crippen molar-refractivity contribution in [2.75, 3.05) is 13.1 Å². The number of hydrogen-bond acceptors (Lipinski definition) is 5. The number of aromatic nitrogens is 1. The Kier molecular flexibility index (Phi) is 7.27. The molecule has 1 saturated heterocycles. The molecule has 1 unspecified atom stereocenters. The lowest BCUT2D eigenvalue weighted by Gasteiger charge is -2.34. The molecule has 0 spiro atoms. The second-order valence-corrected chi connectivity index (χ2v) is 8.99. The lowest BCUT2D eigenvalue weighted by molar-refractivity contribution is -0.122. The lowest BCUT2D eigenvalue weighted by atomic mass is 10.0. The standard InChI is InChI=1S/C23H32N4O5/c1-16(20(28)24-15-18-7-6-14-31-18)25-21(29)19-8-5-11-27(19)17-9-12-26(13-10-17)22(30)32-23(2,3)4/h5-8,11,14,16-17H,9-10,12-13,15H2,1-4H3,(H,24,28)(H,25,29). The van der Waals surface area contributed by atoms with Crippen molar-refractivity contribution in [3.63, 3.8) is 0 Å². The molecule has 0 aliphatic carbocycles. The maximum atomic E-state index is 12.8. The highest BCUT2D eigenvalue weighted by molar-refractivity contribution is 5.96. The van der Waals surface area contributed by atoms with Crippen molar-refractivity contribution in [1.82, 2.24) is 20.1 Å². The van der Waals surface area contributed by atoms with Gasteiger partial charge in [0.1, 0.15) is 23.1 Å². The molecule has 1 aliphatic rings. The monoisotopic (exact) mass is 444 g/mol. The molecule has 2 aromatic heterocycles. The molecular formula is C23H32N4O5. The number of piperidine rings is 1. The number of rotatable bonds is 6. The van der Waals surface area contributed by atoms with Gasteiger partial charge in [-0.2, -0.15) is 0 Å². The second-order valence-electron chi connectivity index (χ2n) is 8.99. The zero-order valence-corrected chi connectivity index (χ0v) is 19.1. The van der Waals surface area contributed by atoms with Gasteiger partial charge in [-0.25, -0.2) is 4.79 Å². The molecule has 9 nitrogen and oxygen atoms in total. The molecular weight excluding hydrogens is 412 g/mol. The van der Waals surface area contributed by atoms with Crippen molar-refractivity contribution in [2.24, 2.45) is 0 Å². The topological polar surface area (TPSA) is 106 Å². The molecule has 0 bridgehead atoms. The molecule has 3 amide bonds. The van der Waals surface area contributed by atoms with Gasteiger partial charge in [-0.05, 0) is 64.8 Å². The summed E-state index contributed by atoms with van der Waals surface area (Å²) < 4.78 is 12.6. The summed E-state index contributed by atoms with van der Waals surface area (Å²) in [5, 5.41) is 5.50. The van der Waals surface area contributed by atoms with Gasteiger partial charge in [0.25, 0.3) is 5.91 Å². The molecule has 32 heavy (non-hydrogen) atoms. The van der Waals surface area contributed by atoms with E-state index in [2.05, 4.69) is 10.6 Å². The number of furan rings is 1. The van der Waals surface area contributed by atoms with E-state index >= 15 is 0 Å². The van der Waals surface area contributed by atoms with Gasteiger partial charge >= 0.3 is 6.09 Å². The largest absolute Gasteiger partial charge is 0.467 e. The van der Waals surface area contributed by atoms with Crippen LogP contribution >= 0.6 is 0 Å². The first kappa shape index (κ1) is 23.4. The fourth-order valence-electron chi connectivity index (χ4n) is 3.63. The van der Waals surface area contributed by atoms with Crippen LogP contribution in [0, 0.1) is 0 Å². The van der Waals surface area contributed by atoms with E-state index in [0.717, 1.165) is 0 Å². The first-order valence-electron chi connectivity index (χ1n) is 10.9. The maximum Gasteiger partial charge on any atom is 0.410 e. The first-order valence-corrected chi connectivity index (χ1v) is 10.9. The van der Waals surface area contributed by atoms with Gasteiger partial charge in [-0.3, -0.25) is 9.59 Å². The molecule has 1 aliphatic heterocycles. The Morgan fingerprint density at radius 1 is 1.19 bits per heavy atom. The van der Waals surface area contributed by atoms with Crippen LogP contribution in [0.25, 0.3) is 0 Å². The number of carbonyl (C=O) groups is 3. The molecule has 9 heteroatoms. The van der Waals surface area contributed by atoms with Crippen LogP contribution in [0.15, 0.2) is 41.1 Å². The van der Waals surface area contributed by atoms with Gasteiger partial charge < -0.3 is 29.3 Å². The molecule has 3 heterocycles. The number of nitrogens with zero attached hydrogens (tertiary/aromatic N) is 2. The maximum absolute atomic E-state index is 12.8. The Morgan fingerprint density at radius 2 is 1.91 bits per heavy atom. The van der Waals surface area contributed by atoms with Crippen LogP contribution in [0.5, 0.6) is 0 Å². The molecule has 2 N–H and O–H groups in total. The summed E-state index contributed by atoms with van der Waals surface area (Å²) in [7, 11) is 0. The highest BCUT2D eigenvalue weighted by Crippen LogP contribution is 2.25. The summed E-state index contributed by atoms with van der Waals surface area (Å²) in [6.07, 6.45) is 4.53. The minimum Gasteiger partial charge on any atom is -0.467 e. The summed E-state index contributed by atoms with van der Waals surface area (Å²) in [5.74, 6) is 0.0345. The molecule has 3 rings (SSSR count). The van der Waals surface area contributed by atoms with Crippen LogP contribution in [-0.4, -0.2) is 52.1 Å². The zero-order chi connectivity index (χ0) is 23.3. The first-order chi connectivity index (χ1) is 15.1. The summed E-state index contributed by atoms with van der Waals surface area (Å²) in [4.78, 5) is 39.1. The predicted molar refractivity (Wildman–Crippen MR) is 118 cm³/mol. The molecule has 2 aromatic rings. The fraction of sp³-hybridized carbons (Fsp3) is 0.522. The van der Waals surface area contributed by atoms with E-state index in [-0.39, 0.29) is 30.5 Å². The summed E-state index contributed by atoms with van der Waals surface area (Å²) in [6, 6.07) is 6.46. The average molecular weight is 445 g/mol. The normalized spacial score (nSPS) is 15.8. The Labute approximate surface area is 188 Å². The Morgan fingerprint density at radius 3 is 2.53 bits per heavy atom. The third-order valence-corrected chi connectivity index (χ3v) is 5.28. The van der Waals surface area contributed by atoms with E-state index in [1.807, 2.05) is 37.6 Å². The van der Waals surface area contributed by atoms with Gasteiger partial charge in [-0.15, -0.1) is 0 Å². The Hall–Kier alpha value is -3.23. The number of amides is 3. The number of hydrogen-bond donors (Lipinski definition) is 2. The minimum atomic E-state index is -0.699. The highest BCUT2D eigenvalue weighted by atomic mass is 16.6. The number of likely N-dealkylation sites (tertiary alicyclic amines) is 1. The lowest BCUT2D eigenvalue weighted by Crippen LogP contribution is -2.45. The van der Waals surface area contributed by atoms with E-state index in [1.165, 1.54) is 0 Å². The minimum absolute atomic E-state index is 0.0903. The number of carbonyl (C=O) groups excluding carboxylic acids is 3. The average Bonchev–Trinajstić information content (AvgIpc) is 3.42. The Balaban J connectivity index is 1.53. The number of nitrogens with one attached hydrogen (secondary N) is 2. The van der Waals surface area contributed by atoms with Crippen molar-refractivity contribution in [1.29, 1.82) is 0 Å². The van der Waals surface area contributed by atoms with Gasteiger partial charge in [0.15, 0.2) is 0 Å². The Bertz CT molecular complexity index is 921. The van der Waals surface area contributed by atoms with Crippen LogP contribution in [0.3, 0.4) is 0 Å². The molecule has 0 aromatic carbocycles. The highest BCUT2D eigenvalue weighted by Gasteiger charge is 2.29. The predicted octanol–water partition coefficient (Wildman–Crippen LogP) is 3.09. The van der Waals surface area contributed by atoms with Crippen molar-refractivity contribution in [3.8, 4) is 0 Å². The summed E-state index contributed by atoms with van der Waals surface area (Å²) in [5.41, 5.74) is -0.0352. The van der Waals surface area contributed by atoms with Crippen LogP contribution in [0.2, 0.25) is 0 Å². The van der Waals surface area contributed by atoms with Crippen LogP contribution in [0.1, 0.15) is 62.8 Å². The molecule has 1 atom stereocenters. The molecule has 1 fully saturated rings. The van der Waals surface area contributed by atoms with Crippen molar-refractivity contribution < 1.29 is 23.5 Å². The van der Waals surface area contributed by atoms with E-state index < -0.39 is 11.6 Å². The van der Waals surface area contributed by atoms with Crippen molar-refractivity contribution in [3.05, 3.63) is 48.2 Å². The van der Waals surface area contributed by atoms with E-state index in [4.69, 9.17) is 9.15 Å². The zero-order valence-electron chi connectivity index (χ0n) is 19.1. The molecule has 174 valence electrons. The third kappa shape index (κ3) is 6.15. The van der Waals surface area contributed by atoms with Crippen LogP contribution in [-0.2, 0) is 16.1 Å². The van der Waals surface area contributed by atoms with Crippen molar-refractivity contribution in [2.45, 2.75) is 64.8 Å². The third-order valence-electron chi connectivity index (χ3n) is 5.28. The summed E-state index contributed by atoms with van der Waals surface area (Å²) in [6.45, 7) is 8.57. The van der Waals surface area contributed by atoms with Gasteiger partial charge in [0.05, 0.1) is 12.8 Å². The quantitative estimate of drug-likeness (QED) is 0.712. The van der Waals surface area contributed by atoms with Crippen molar-refractivity contribution >= 4 is 17.9 Å². The number of ether oxygens (including phenoxy) is 1. The van der Waals surface area contributed by atoms with Crippen LogP contribution < -0.4 is 10.6 Å². The molecule has 0 radical (unpaired) electrons. The van der Waals surface area contributed by atoms with Gasteiger partial charge in [0, 0.05) is 25.3 Å². The smallest absolute Gasteiger partial charge is 0.410 e. The van der Waals surface area contributed by atoms with Gasteiger partial charge in [0.2, 0.25) is 5.91 Å². The van der Waals surface area contributed by atoms with E-state index in [1.54, 1.807) is 36.3 Å². The van der Waals surface area contributed by atoms with E-state index in [0.29, 0.717) is 37.4 Å². The van der Waals surface area contributed by atoms with Crippen LogP contribution in [0.4, 0.5) is 4.79 Å². The SMILES string of the molecule is CC(NC(=O)c1cccn1C1CCN(C(=O)OC(C)(C)C)CC1)C(=O)NCc1ccco1. The van der Waals surface area contributed by atoms with E-state index in [9.17, 15) is 14.4 Å². The molecule has 0 saturated carbocycles.